The smallest absolute Gasteiger partial charge is 0.206 e. The first-order chi connectivity index (χ1) is 19.6. The molecule has 1 saturated carbocycles. The van der Waals surface area contributed by atoms with Crippen molar-refractivity contribution in [1.29, 1.82) is 0 Å². The number of phenols is 1. The Balaban J connectivity index is 1.63. The number of aliphatic hydroxyl groups is 2. The van der Waals surface area contributed by atoms with Gasteiger partial charge in [-0.05, 0) is 75.0 Å². The van der Waals surface area contributed by atoms with Gasteiger partial charge in [0.05, 0.1) is 11.1 Å². The highest BCUT2D eigenvalue weighted by Gasteiger charge is 2.72. The van der Waals surface area contributed by atoms with Crippen LogP contribution in [0.4, 0.5) is 0 Å². The lowest BCUT2D eigenvalue weighted by molar-refractivity contribution is -0.180. The minimum Gasteiger partial charge on any atom is -0.507 e. The Kier molecular flexibility index (Phi) is 7.42. The van der Waals surface area contributed by atoms with Gasteiger partial charge in [0.2, 0.25) is 11.6 Å². The van der Waals surface area contributed by atoms with Crippen molar-refractivity contribution in [2.45, 2.75) is 85.7 Å². The number of carbonyl (C=O) groups is 4. The Bertz CT molecular complexity index is 1460. The number of hydrogen-bond donors (Lipinski definition) is 3. The molecule has 1 saturated heterocycles. The van der Waals surface area contributed by atoms with Gasteiger partial charge in [0, 0.05) is 42.0 Å². The van der Waals surface area contributed by atoms with E-state index in [2.05, 4.69) is 0 Å². The normalized spacial score (nSPS) is 31.7. The van der Waals surface area contributed by atoms with E-state index in [0.29, 0.717) is 50.0 Å². The quantitative estimate of drug-likeness (QED) is 0.328. The Labute approximate surface area is 246 Å². The predicted octanol–water partition coefficient (Wildman–Crippen LogP) is 4.62. The summed E-state index contributed by atoms with van der Waals surface area (Å²) in [6.45, 7) is 11.7. The largest absolute Gasteiger partial charge is 0.507 e. The summed E-state index contributed by atoms with van der Waals surface area (Å²) in [5.41, 5.74) is -2.89. The number of aliphatic hydroxyl groups excluding tert-OH is 1. The summed E-state index contributed by atoms with van der Waals surface area (Å²) in [4.78, 5) is 54.0. The maximum atomic E-state index is 14.4. The van der Waals surface area contributed by atoms with Gasteiger partial charge in [-0.2, -0.15) is 0 Å². The summed E-state index contributed by atoms with van der Waals surface area (Å²) in [6.07, 6.45) is 2.60. The molecule has 0 aromatic heterocycles. The number of ketones is 4. The van der Waals surface area contributed by atoms with Crippen molar-refractivity contribution in [1.82, 2.24) is 0 Å². The zero-order chi connectivity index (χ0) is 30.9. The van der Waals surface area contributed by atoms with Gasteiger partial charge in [0.25, 0.3) is 0 Å². The summed E-state index contributed by atoms with van der Waals surface area (Å²) in [5, 5.41) is 34.8. The number of hydrogen-bond acceptors (Lipinski definition) is 8. The molecule has 1 aromatic carbocycles. The number of rotatable bonds is 6. The van der Waals surface area contributed by atoms with Crippen LogP contribution in [-0.2, 0) is 36.8 Å². The molecule has 4 aliphatic rings. The van der Waals surface area contributed by atoms with Crippen LogP contribution in [-0.4, -0.2) is 57.3 Å². The van der Waals surface area contributed by atoms with Crippen molar-refractivity contribution in [3.05, 3.63) is 45.5 Å². The Morgan fingerprint density at radius 1 is 1.07 bits per heavy atom. The number of carbonyl (C=O) groups excluding carboxylic acids is 4. The fourth-order valence-corrected chi connectivity index (χ4v) is 9.03. The number of aryl methyl sites for hydroxylation is 1. The van der Waals surface area contributed by atoms with Gasteiger partial charge in [-0.1, -0.05) is 39.3 Å². The van der Waals surface area contributed by atoms with E-state index < -0.39 is 45.5 Å². The topological polar surface area (TPSA) is 138 Å². The van der Waals surface area contributed by atoms with Gasteiger partial charge in [-0.25, -0.2) is 0 Å². The van der Waals surface area contributed by atoms with Crippen LogP contribution in [0.2, 0.25) is 0 Å². The molecule has 5 rings (SSSR count). The maximum Gasteiger partial charge on any atom is 0.206 e. The van der Waals surface area contributed by atoms with Crippen LogP contribution in [0.5, 0.6) is 5.75 Å². The second kappa shape index (κ2) is 10.3. The van der Waals surface area contributed by atoms with Gasteiger partial charge in [0.15, 0.2) is 11.4 Å². The zero-order valence-corrected chi connectivity index (χ0v) is 25.4. The molecule has 8 heteroatoms. The molecule has 0 spiro atoms. The number of Topliss-reactive ketones (excluding diaryl/α,β-unsaturated/α-hetero) is 4. The fraction of sp³-hybridized carbons (Fsp3) is 0.588. The van der Waals surface area contributed by atoms with Gasteiger partial charge in [-0.3, -0.25) is 19.2 Å². The molecular weight excluding hydrogens is 536 g/mol. The third-order valence-corrected chi connectivity index (χ3v) is 10.6. The highest BCUT2D eigenvalue weighted by molar-refractivity contribution is 6.33. The average Bonchev–Trinajstić information content (AvgIpc) is 2.90. The third-order valence-electron chi connectivity index (χ3n) is 10.6. The van der Waals surface area contributed by atoms with E-state index in [1.54, 1.807) is 19.9 Å². The Hall–Kier alpha value is -3.10. The lowest BCUT2D eigenvalue weighted by Crippen LogP contribution is -2.70. The molecule has 2 fully saturated rings. The van der Waals surface area contributed by atoms with Crippen LogP contribution in [0.25, 0.3) is 5.76 Å². The first-order valence-corrected chi connectivity index (χ1v) is 15.0. The third kappa shape index (κ3) is 4.16. The van der Waals surface area contributed by atoms with Crippen LogP contribution < -0.4 is 0 Å². The molecule has 4 atom stereocenters. The van der Waals surface area contributed by atoms with Crippen LogP contribution in [0.1, 0.15) is 83.9 Å². The van der Waals surface area contributed by atoms with E-state index in [4.69, 9.17) is 4.74 Å². The highest BCUT2D eigenvalue weighted by Crippen LogP contribution is 2.65. The number of ether oxygens (including phenoxy) is 1. The van der Waals surface area contributed by atoms with Crippen LogP contribution in [0.3, 0.4) is 0 Å². The SMILES string of the molecule is CC(=O)C1=C(C)[C@@H](C(C)C)[C@]2(C)C[C@]3(C)Cc4c(CCC(=O)C5CCOCC5)ccc(O)c4C(O)=C3C(=O)[C@]2(O)C1=O. The summed E-state index contributed by atoms with van der Waals surface area (Å²) in [7, 11) is 0. The molecule has 226 valence electrons. The molecule has 0 radical (unpaired) electrons. The second-order valence-corrected chi connectivity index (χ2v) is 13.7. The van der Waals surface area contributed by atoms with Crippen LogP contribution >= 0.6 is 0 Å². The molecule has 1 aromatic rings. The molecular formula is C34H42O8. The number of aromatic hydroxyl groups is 1. The molecule has 1 aliphatic heterocycles. The van der Waals surface area contributed by atoms with E-state index in [1.165, 1.54) is 13.0 Å². The van der Waals surface area contributed by atoms with Gasteiger partial charge >= 0.3 is 0 Å². The van der Waals surface area contributed by atoms with Crippen LogP contribution in [0.15, 0.2) is 28.9 Å². The number of benzene rings is 1. The van der Waals surface area contributed by atoms with Crippen molar-refractivity contribution in [3.8, 4) is 5.75 Å². The van der Waals surface area contributed by atoms with E-state index in [1.807, 2.05) is 20.8 Å². The molecule has 0 unspecified atom stereocenters. The molecule has 3 aliphatic carbocycles. The maximum absolute atomic E-state index is 14.4. The lowest BCUT2D eigenvalue weighted by Gasteiger charge is -2.60. The zero-order valence-electron chi connectivity index (χ0n) is 25.4. The Morgan fingerprint density at radius 2 is 1.71 bits per heavy atom. The van der Waals surface area contributed by atoms with E-state index >= 15 is 0 Å². The molecule has 8 nitrogen and oxygen atoms in total. The first-order valence-electron chi connectivity index (χ1n) is 15.0. The predicted molar refractivity (Wildman–Crippen MR) is 156 cm³/mol. The molecule has 0 bridgehead atoms. The van der Waals surface area contributed by atoms with E-state index in [0.717, 1.165) is 5.56 Å². The molecule has 1 heterocycles. The summed E-state index contributed by atoms with van der Waals surface area (Å²) >= 11 is 0. The number of phenolic OH excluding ortho intramolecular Hbond substituents is 1. The summed E-state index contributed by atoms with van der Waals surface area (Å²) in [6, 6.07) is 3.21. The molecule has 3 N–H and O–H groups in total. The lowest BCUT2D eigenvalue weighted by atomic mass is 9.42. The monoisotopic (exact) mass is 578 g/mol. The Morgan fingerprint density at radius 3 is 2.31 bits per heavy atom. The van der Waals surface area contributed by atoms with Crippen molar-refractivity contribution in [2.75, 3.05) is 13.2 Å². The first kappa shape index (κ1) is 30.4. The second-order valence-electron chi connectivity index (χ2n) is 13.7. The minimum absolute atomic E-state index is 0.0364. The molecule has 0 amide bonds. The summed E-state index contributed by atoms with van der Waals surface area (Å²) < 4.78 is 5.39. The van der Waals surface area contributed by atoms with Crippen molar-refractivity contribution in [3.63, 3.8) is 0 Å². The van der Waals surface area contributed by atoms with E-state index in [-0.39, 0.29) is 52.9 Å². The van der Waals surface area contributed by atoms with Gasteiger partial charge in [0.1, 0.15) is 17.3 Å². The molecule has 42 heavy (non-hydrogen) atoms. The number of allylic oxidation sites excluding steroid dienone is 1. The van der Waals surface area contributed by atoms with Crippen molar-refractivity contribution >= 4 is 28.9 Å². The van der Waals surface area contributed by atoms with Crippen molar-refractivity contribution < 1.29 is 39.2 Å². The standard InChI is InChI=1S/C34H42O8/c1-17(2)27-18(3)25(19(4)35)30(39)34(41)31(40)28-29(38)26-22(15-32(28,5)16-33(27,34)6)20(8-10-24(26)37)7-9-23(36)21-11-13-42-14-12-21/h8,10,17,21,27,37-38,41H,7,9,11-16H2,1-6H3/t27-,32+,33+,34-/m1/s1. The fourth-order valence-electron chi connectivity index (χ4n) is 9.03. The highest BCUT2D eigenvalue weighted by atomic mass is 16.5. The number of fused-ring (bicyclic) bond motifs is 3. The van der Waals surface area contributed by atoms with Crippen molar-refractivity contribution in [2.24, 2.45) is 28.6 Å². The van der Waals surface area contributed by atoms with E-state index in [9.17, 15) is 34.5 Å². The summed E-state index contributed by atoms with van der Waals surface area (Å²) in [5.74, 6) is -3.46. The van der Waals surface area contributed by atoms with Gasteiger partial charge in [-0.15, -0.1) is 0 Å². The van der Waals surface area contributed by atoms with Gasteiger partial charge < -0.3 is 20.1 Å². The minimum atomic E-state index is -2.55. The average molecular weight is 579 g/mol. The van der Waals surface area contributed by atoms with Crippen LogP contribution in [0, 0.1) is 28.6 Å².